The molecule has 0 aromatic heterocycles. The van der Waals surface area contributed by atoms with Gasteiger partial charge in [-0.1, -0.05) is 36.5 Å². The molecule has 3 N–H and O–H groups in total. The van der Waals surface area contributed by atoms with Gasteiger partial charge in [-0.3, -0.25) is 4.79 Å². The zero-order valence-corrected chi connectivity index (χ0v) is 12.4. The van der Waals surface area contributed by atoms with Crippen molar-refractivity contribution in [2.24, 2.45) is 5.73 Å². The molecule has 0 saturated carbocycles. The first-order chi connectivity index (χ1) is 10.1. The molecule has 108 valence electrons. The molecule has 0 spiro atoms. The summed E-state index contributed by atoms with van der Waals surface area (Å²) in [6.45, 7) is 0. The van der Waals surface area contributed by atoms with E-state index in [0.29, 0.717) is 11.3 Å². The van der Waals surface area contributed by atoms with Gasteiger partial charge in [0.2, 0.25) is 5.91 Å². The molecule has 1 amide bonds. The summed E-state index contributed by atoms with van der Waals surface area (Å²) in [6, 6.07) is 14.6. The molecule has 0 heterocycles. The van der Waals surface area contributed by atoms with Gasteiger partial charge in [0.1, 0.15) is 10.7 Å². The number of thiocarbonyl (C=S) groups is 1. The van der Waals surface area contributed by atoms with E-state index >= 15 is 0 Å². The van der Waals surface area contributed by atoms with Gasteiger partial charge >= 0.3 is 0 Å². The normalized spacial score (nSPS) is 9.95. The number of carbonyl (C=O) groups is 1. The topological polar surface area (TPSA) is 64.3 Å². The molecule has 0 aliphatic heterocycles. The Labute approximate surface area is 128 Å². The monoisotopic (exact) mass is 300 g/mol. The van der Waals surface area contributed by atoms with Crippen molar-refractivity contribution in [2.45, 2.75) is 6.42 Å². The van der Waals surface area contributed by atoms with Crippen molar-refractivity contribution in [3.63, 3.8) is 0 Å². The molecule has 21 heavy (non-hydrogen) atoms. The second-order valence-electron chi connectivity index (χ2n) is 4.49. The molecule has 2 aromatic carbocycles. The van der Waals surface area contributed by atoms with Crippen LogP contribution in [-0.4, -0.2) is 18.0 Å². The summed E-state index contributed by atoms with van der Waals surface area (Å²) in [5.41, 5.74) is 7.80. The minimum atomic E-state index is -0.132. The Morgan fingerprint density at radius 3 is 2.71 bits per heavy atom. The first-order valence-electron chi connectivity index (χ1n) is 6.42. The van der Waals surface area contributed by atoms with Crippen LogP contribution in [0.3, 0.4) is 0 Å². The fourth-order valence-electron chi connectivity index (χ4n) is 1.97. The standard InChI is InChI=1S/C16H16N2O2S/c1-20-12-6-4-5-11(9-12)10-15(19)18-14-8-3-2-7-13(14)16(17)21/h2-9H,10H2,1H3,(H2,17,21)(H,18,19). The van der Waals surface area contributed by atoms with E-state index in [4.69, 9.17) is 22.7 Å². The molecule has 5 heteroatoms. The number of anilines is 1. The molecule has 0 radical (unpaired) electrons. The Balaban J connectivity index is 2.10. The van der Waals surface area contributed by atoms with Crippen LogP contribution in [0.2, 0.25) is 0 Å². The van der Waals surface area contributed by atoms with E-state index in [1.54, 1.807) is 19.2 Å². The first kappa shape index (κ1) is 15.0. The van der Waals surface area contributed by atoms with Crippen LogP contribution in [0.15, 0.2) is 48.5 Å². The lowest BCUT2D eigenvalue weighted by atomic mass is 10.1. The molecular formula is C16H16N2O2S. The largest absolute Gasteiger partial charge is 0.497 e. The highest BCUT2D eigenvalue weighted by atomic mass is 32.1. The predicted molar refractivity (Wildman–Crippen MR) is 87.7 cm³/mol. The predicted octanol–water partition coefficient (Wildman–Crippen LogP) is 2.51. The molecule has 0 bridgehead atoms. The van der Waals surface area contributed by atoms with E-state index in [1.807, 2.05) is 36.4 Å². The van der Waals surface area contributed by atoms with Crippen LogP contribution < -0.4 is 15.8 Å². The van der Waals surface area contributed by atoms with Crippen molar-refractivity contribution in [1.82, 2.24) is 0 Å². The van der Waals surface area contributed by atoms with E-state index in [9.17, 15) is 4.79 Å². The van der Waals surface area contributed by atoms with Gasteiger partial charge in [0.25, 0.3) is 0 Å². The number of benzene rings is 2. The zero-order valence-electron chi connectivity index (χ0n) is 11.6. The van der Waals surface area contributed by atoms with Crippen LogP contribution in [0.25, 0.3) is 0 Å². The number of carbonyl (C=O) groups excluding carboxylic acids is 1. The highest BCUT2D eigenvalue weighted by Crippen LogP contribution is 2.17. The fraction of sp³-hybridized carbons (Fsp3) is 0.125. The lowest BCUT2D eigenvalue weighted by Crippen LogP contribution is -2.18. The molecule has 0 saturated heterocycles. The maximum Gasteiger partial charge on any atom is 0.228 e. The third kappa shape index (κ3) is 4.03. The van der Waals surface area contributed by atoms with Gasteiger partial charge in [0, 0.05) is 5.56 Å². The summed E-state index contributed by atoms with van der Waals surface area (Å²) < 4.78 is 5.14. The third-order valence-corrected chi connectivity index (χ3v) is 3.19. The molecule has 0 atom stereocenters. The van der Waals surface area contributed by atoms with Gasteiger partial charge in [0.05, 0.1) is 19.2 Å². The molecule has 0 fully saturated rings. The Hall–Kier alpha value is -2.40. The quantitative estimate of drug-likeness (QED) is 0.833. The summed E-state index contributed by atoms with van der Waals surface area (Å²) >= 11 is 4.97. The Morgan fingerprint density at radius 1 is 1.24 bits per heavy atom. The van der Waals surface area contributed by atoms with Gasteiger partial charge in [-0.25, -0.2) is 0 Å². The van der Waals surface area contributed by atoms with Crippen molar-refractivity contribution >= 4 is 28.8 Å². The average molecular weight is 300 g/mol. The zero-order chi connectivity index (χ0) is 15.2. The number of para-hydroxylation sites is 1. The molecule has 0 aliphatic carbocycles. The molecule has 2 aromatic rings. The molecule has 0 unspecified atom stereocenters. The fourth-order valence-corrected chi connectivity index (χ4v) is 2.15. The van der Waals surface area contributed by atoms with Crippen molar-refractivity contribution in [3.05, 3.63) is 59.7 Å². The molecule has 4 nitrogen and oxygen atoms in total. The van der Waals surface area contributed by atoms with Crippen LogP contribution in [0.4, 0.5) is 5.69 Å². The summed E-state index contributed by atoms with van der Waals surface area (Å²) in [5, 5.41) is 2.83. The Bertz CT molecular complexity index is 671. The maximum absolute atomic E-state index is 12.1. The molecule has 2 rings (SSSR count). The Kier molecular flexibility index (Phi) is 4.90. The number of nitrogens with two attached hydrogens (primary N) is 1. The lowest BCUT2D eigenvalue weighted by Gasteiger charge is -2.10. The van der Waals surface area contributed by atoms with Crippen LogP contribution in [0.1, 0.15) is 11.1 Å². The van der Waals surface area contributed by atoms with Gasteiger partial charge in [-0.2, -0.15) is 0 Å². The average Bonchev–Trinajstić information content (AvgIpc) is 2.47. The number of ether oxygens (including phenoxy) is 1. The summed E-state index contributed by atoms with van der Waals surface area (Å²) in [7, 11) is 1.59. The van der Waals surface area contributed by atoms with Crippen LogP contribution in [0.5, 0.6) is 5.75 Å². The van der Waals surface area contributed by atoms with Crippen molar-refractivity contribution in [2.75, 3.05) is 12.4 Å². The number of hydrogen-bond donors (Lipinski definition) is 2. The summed E-state index contributed by atoms with van der Waals surface area (Å²) in [5.74, 6) is 0.593. The van der Waals surface area contributed by atoms with Gasteiger partial charge in [-0.05, 0) is 29.8 Å². The minimum Gasteiger partial charge on any atom is -0.497 e. The van der Waals surface area contributed by atoms with Gasteiger partial charge in [0.15, 0.2) is 0 Å². The number of methoxy groups -OCH3 is 1. The van der Waals surface area contributed by atoms with E-state index in [1.165, 1.54) is 0 Å². The van der Waals surface area contributed by atoms with Crippen molar-refractivity contribution < 1.29 is 9.53 Å². The maximum atomic E-state index is 12.1. The SMILES string of the molecule is COc1cccc(CC(=O)Nc2ccccc2C(N)=S)c1. The number of rotatable bonds is 5. The number of nitrogens with one attached hydrogen (secondary N) is 1. The molecular weight excluding hydrogens is 284 g/mol. The van der Waals surface area contributed by atoms with Crippen LogP contribution in [0, 0.1) is 0 Å². The van der Waals surface area contributed by atoms with Gasteiger partial charge < -0.3 is 15.8 Å². The number of hydrogen-bond acceptors (Lipinski definition) is 3. The van der Waals surface area contributed by atoms with E-state index in [-0.39, 0.29) is 17.3 Å². The minimum absolute atomic E-state index is 0.132. The van der Waals surface area contributed by atoms with E-state index < -0.39 is 0 Å². The third-order valence-electron chi connectivity index (χ3n) is 2.97. The second kappa shape index (κ2) is 6.85. The highest BCUT2D eigenvalue weighted by Gasteiger charge is 2.09. The first-order valence-corrected chi connectivity index (χ1v) is 6.82. The smallest absolute Gasteiger partial charge is 0.228 e. The van der Waals surface area contributed by atoms with Crippen LogP contribution >= 0.6 is 12.2 Å². The highest BCUT2D eigenvalue weighted by molar-refractivity contribution is 7.80. The molecule has 0 aliphatic rings. The van der Waals surface area contributed by atoms with Crippen LogP contribution in [-0.2, 0) is 11.2 Å². The number of amides is 1. The van der Waals surface area contributed by atoms with E-state index in [0.717, 1.165) is 11.3 Å². The summed E-state index contributed by atoms with van der Waals surface area (Å²) in [4.78, 5) is 12.4. The Morgan fingerprint density at radius 2 is 2.00 bits per heavy atom. The van der Waals surface area contributed by atoms with Gasteiger partial charge in [-0.15, -0.1) is 0 Å². The van der Waals surface area contributed by atoms with Crippen molar-refractivity contribution in [1.29, 1.82) is 0 Å². The van der Waals surface area contributed by atoms with E-state index in [2.05, 4.69) is 5.32 Å². The summed E-state index contributed by atoms with van der Waals surface area (Å²) in [6.07, 6.45) is 0.253. The second-order valence-corrected chi connectivity index (χ2v) is 4.93. The lowest BCUT2D eigenvalue weighted by molar-refractivity contribution is -0.115. The van der Waals surface area contributed by atoms with Crippen molar-refractivity contribution in [3.8, 4) is 5.75 Å².